The number of benzene rings is 2. The fraction of sp³-hybridized carbons (Fsp3) is 0.417. The molecule has 0 spiro atoms. The molecule has 3 N–H and O–H groups in total. The van der Waals surface area contributed by atoms with Crippen LogP contribution in [-0.2, 0) is 20.1 Å². The average molecular weight is 421 g/mol. The van der Waals surface area contributed by atoms with E-state index in [0.29, 0.717) is 25.7 Å². The van der Waals surface area contributed by atoms with Crippen molar-refractivity contribution >= 4 is 11.9 Å². The second-order valence-electron chi connectivity index (χ2n) is 8.41. The summed E-state index contributed by atoms with van der Waals surface area (Å²) in [6, 6.07) is 19.0. The molecule has 2 unspecified atom stereocenters. The van der Waals surface area contributed by atoms with Gasteiger partial charge in [-0.1, -0.05) is 60.7 Å². The number of nitrogens with zero attached hydrogens (tertiary/aromatic N) is 1. The Kier molecular flexibility index (Phi) is 5.48. The highest BCUT2D eigenvalue weighted by Gasteiger charge is 2.60. The zero-order valence-corrected chi connectivity index (χ0v) is 17.4. The van der Waals surface area contributed by atoms with Crippen molar-refractivity contribution in [3.8, 4) is 0 Å². The molecule has 7 heteroatoms. The van der Waals surface area contributed by atoms with Gasteiger partial charge < -0.3 is 20.7 Å². The van der Waals surface area contributed by atoms with E-state index in [1.165, 1.54) is 12.8 Å². The first-order valence-corrected chi connectivity index (χ1v) is 11.0. The molecule has 1 amide bonds. The Morgan fingerprint density at radius 3 is 2.26 bits per heavy atom. The molecule has 2 aliphatic heterocycles. The highest BCUT2D eigenvalue weighted by molar-refractivity contribution is 5.86. The van der Waals surface area contributed by atoms with Crippen LogP contribution in [0.5, 0.6) is 0 Å². The number of ether oxygens (including phenoxy) is 1. The Balaban J connectivity index is 1.49. The number of fused-ring (bicyclic) bond motifs is 1. The van der Waals surface area contributed by atoms with Crippen LogP contribution in [0.2, 0.25) is 0 Å². The molecule has 7 nitrogen and oxygen atoms in total. The molecule has 5 rings (SSSR count). The van der Waals surface area contributed by atoms with Crippen LogP contribution in [0, 0.1) is 0 Å². The van der Waals surface area contributed by atoms with Crippen molar-refractivity contribution in [2.24, 2.45) is 0 Å². The van der Waals surface area contributed by atoms with Gasteiger partial charge in [-0.3, -0.25) is 9.59 Å². The summed E-state index contributed by atoms with van der Waals surface area (Å²) in [7, 11) is 0. The van der Waals surface area contributed by atoms with Crippen LogP contribution in [0.15, 0.2) is 60.7 Å². The van der Waals surface area contributed by atoms with Gasteiger partial charge in [0.2, 0.25) is 11.6 Å². The second-order valence-corrected chi connectivity index (χ2v) is 8.41. The Labute approximate surface area is 182 Å². The van der Waals surface area contributed by atoms with E-state index < -0.39 is 17.8 Å². The van der Waals surface area contributed by atoms with Gasteiger partial charge in [-0.2, -0.15) is 0 Å². The number of piperazine rings is 1. The fourth-order valence-corrected chi connectivity index (χ4v) is 4.67. The number of hydrogen-bond acceptors (Lipinski definition) is 6. The molecule has 2 saturated heterocycles. The van der Waals surface area contributed by atoms with Gasteiger partial charge in [0.15, 0.2) is 0 Å². The summed E-state index contributed by atoms with van der Waals surface area (Å²) in [5.74, 6) is -0.405. The monoisotopic (exact) mass is 420 g/mol. The molecule has 0 radical (unpaired) electrons. The second kappa shape index (κ2) is 8.42. The maximum atomic E-state index is 13.3. The summed E-state index contributed by atoms with van der Waals surface area (Å²) in [4.78, 5) is 28.3. The van der Waals surface area contributed by atoms with E-state index in [-0.39, 0.29) is 11.9 Å². The number of carbonyl (C=O) groups is 2. The van der Waals surface area contributed by atoms with Crippen molar-refractivity contribution < 1.29 is 14.3 Å². The van der Waals surface area contributed by atoms with Gasteiger partial charge in [0.1, 0.15) is 12.1 Å². The third-order valence-electron chi connectivity index (χ3n) is 6.30. The summed E-state index contributed by atoms with van der Waals surface area (Å²) in [6.45, 7) is 2.21. The maximum Gasteiger partial charge on any atom is 0.327 e. The quantitative estimate of drug-likeness (QED) is 0.457. The SMILES string of the molecule is O=C(NCCNC1CC1)C1CNCC2C(=O)OC(c3ccccc3)(c3ccccc3)N12. The molecule has 2 aromatic rings. The molecule has 0 bridgehead atoms. The van der Waals surface area contributed by atoms with Gasteiger partial charge in [0, 0.05) is 43.3 Å². The lowest BCUT2D eigenvalue weighted by atomic mass is 9.90. The number of rotatable bonds is 7. The summed E-state index contributed by atoms with van der Waals surface area (Å²) in [6.07, 6.45) is 2.43. The van der Waals surface area contributed by atoms with Crippen LogP contribution in [-0.4, -0.2) is 61.1 Å². The number of amides is 1. The molecule has 1 aliphatic carbocycles. The summed E-state index contributed by atoms with van der Waals surface area (Å²) in [5, 5.41) is 9.73. The van der Waals surface area contributed by atoms with Crippen LogP contribution in [0.3, 0.4) is 0 Å². The molecular weight excluding hydrogens is 392 g/mol. The first-order valence-electron chi connectivity index (χ1n) is 11.0. The molecule has 1 saturated carbocycles. The molecule has 2 aromatic carbocycles. The van der Waals surface area contributed by atoms with E-state index in [0.717, 1.165) is 17.7 Å². The van der Waals surface area contributed by atoms with E-state index in [9.17, 15) is 9.59 Å². The first-order chi connectivity index (χ1) is 15.2. The van der Waals surface area contributed by atoms with E-state index in [4.69, 9.17) is 4.74 Å². The van der Waals surface area contributed by atoms with Gasteiger partial charge in [-0.05, 0) is 12.8 Å². The lowest BCUT2D eigenvalue weighted by Gasteiger charge is -2.44. The van der Waals surface area contributed by atoms with Crippen molar-refractivity contribution in [3.05, 3.63) is 71.8 Å². The molecule has 2 atom stereocenters. The van der Waals surface area contributed by atoms with Crippen LogP contribution in [0.4, 0.5) is 0 Å². The summed E-state index contributed by atoms with van der Waals surface area (Å²) >= 11 is 0. The molecule has 3 aliphatic rings. The smallest absolute Gasteiger partial charge is 0.327 e. The third-order valence-corrected chi connectivity index (χ3v) is 6.30. The standard InChI is InChI=1S/C24H28N4O3/c29-22(27-14-13-26-19-11-12-19)20-15-25-16-21-23(30)31-24(28(20)21,17-7-3-1-4-8-17)18-9-5-2-6-10-18/h1-10,19-21,25-26H,11-16H2,(H,27,29). The van der Waals surface area contributed by atoms with Crippen LogP contribution >= 0.6 is 0 Å². The number of esters is 1. The predicted octanol–water partition coefficient (Wildman–Crippen LogP) is 0.955. The molecule has 2 heterocycles. The fourth-order valence-electron chi connectivity index (χ4n) is 4.67. The van der Waals surface area contributed by atoms with E-state index in [1.54, 1.807) is 0 Å². The third kappa shape index (κ3) is 3.73. The topological polar surface area (TPSA) is 82.7 Å². The maximum absolute atomic E-state index is 13.3. The molecule has 3 fully saturated rings. The predicted molar refractivity (Wildman–Crippen MR) is 116 cm³/mol. The molecule has 162 valence electrons. The minimum Gasteiger partial charge on any atom is -0.434 e. The molecular formula is C24H28N4O3. The van der Waals surface area contributed by atoms with Crippen molar-refractivity contribution in [1.29, 1.82) is 0 Å². The minimum atomic E-state index is -1.14. The first kappa shape index (κ1) is 20.2. The minimum absolute atomic E-state index is 0.0932. The van der Waals surface area contributed by atoms with Gasteiger partial charge >= 0.3 is 5.97 Å². The highest BCUT2D eigenvalue weighted by atomic mass is 16.6. The lowest BCUT2D eigenvalue weighted by molar-refractivity contribution is -0.153. The van der Waals surface area contributed by atoms with Crippen LogP contribution in [0.1, 0.15) is 24.0 Å². The Morgan fingerprint density at radius 2 is 1.65 bits per heavy atom. The normalized spacial score (nSPS) is 25.0. The van der Waals surface area contributed by atoms with E-state index in [1.807, 2.05) is 65.6 Å². The van der Waals surface area contributed by atoms with Gasteiger partial charge in [0.25, 0.3) is 0 Å². The van der Waals surface area contributed by atoms with Crippen molar-refractivity contribution in [3.63, 3.8) is 0 Å². The van der Waals surface area contributed by atoms with Gasteiger partial charge in [0.05, 0.1) is 0 Å². The van der Waals surface area contributed by atoms with E-state index in [2.05, 4.69) is 16.0 Å². The molecule has 31 heavy (non-hydrogen) atoms. The van der Waals surface area contributed by atoms with Crippen molar-refractivity contribution in [2.75, 3.05) is 26.2 Å². The lowest BCUT2D eigenvalue weighted by Crippen LogP contribution is -2.66. The van der Waals surface area contributed by atoms with Gasteiger partial charge in [-0.25, -0.2) is 4.90 Å². The summed E-state index contributed by atoms with van der Waals surface area (Å²) < 4.78 is 6.17. The molecule has 0 aromatic heterocycles. The van der Waals surface area contributed by atoms with E-state index >= 15 is 0 Å². The zero-order valence-electron chi connectivity index (χ0n) is 17.4. The van der Waals surface area contributed by atoms with Crippen LogP contribution < -0.4 is 16.0 Å². The number of carbonyl (C=O) groups excluding carboxylic acids is 2. The van der Waals surface area contributed by atoms with Gasteiger partial charge in [-0.15, -0.1) is 0 Å². The summed E-state index contributed by atoms with van der Waals surface area (Å²) in [5.41, 5.74) is 0.542. The number of hydrogen-bond donors (Lipinski definition) is 3. The largest absolute Gasteiger partial charge is 0.434 e. The zero-order chi connectivity index (χ0) is 21.3. The Morgan fingerprint density at radius 1 is 1.00 bits per heavy atom. The Bertz CT molecular complexity index is 893. The van der Waals surface area contributed by atoms with Crippen LogP contribution in [0.25, 0.3) is 0 Å². The Hall–Kier alpha value is -2.74. The van der Waals surface area contributed by atoms with Crippen molar-refractivity contribution in [2.45, 2.75) is 36.7 Å². The number of cyclic esters (lactones) is 1. The number of nitrogens with one attached hydrogen (secondary N) is 3. The average Bonchev–Trinajstić information content (AvgIpc) is 3.60. The van der Waals surface area contributed by atoms with Crippen molar-refractivity contribution in [1.82, 2.24) is 20.9 Å². The highest BCUT2D eigenvalue weighted by Crippen LogP contribution is 2.45.